The van der Waals surface area contributed by atoms with Gasteiger partial charge in [-0.1, -0.05) is 24.2 Å². The number of aromatic nitrogens is 1. The van der Waals surface area contributed by atoms with E-state index in [1.807, 2.05) is 11.8 Å². The minimum Gasteiger partial charge on any atom is -0.356 e. The highest BCUT2D eigenvalue weighted by molar-refractivity contribution is 5.95. The maximum absolute atomic E-state index is 13.4. The summed E-state index contributed by atoms with van der Waals surface area (Å²) < 4.78 is 18.8. The van der Waals surface area contributed by atoms with E-state index in [0.717, 1.165) is 75.1 Å². The van der Waals surface area contributed by atoms with E-state index in [1.165, 1.54) is 23.3 Å². The third-order valence-corrected chi connectivity index (χ3v) is 7.02. The van der Waals surface area contributed by atoms with Gasteiger partial charge >= 0.3 is 0 Å². The van der Waals surface area contributed by atoms with Gasteiger partial charge in [-0.15, -0.1) is 0 Å². The molecule has 0 spiro atoms. The molecule has 5 nitrogen and oxygen atoms in total. The Morgan fingerprint density at radius 1 is 1.16 bits per heavy atom. The maximum atomic E-state index is 13.4. The number of aryl methyl sites for hydroxylation is 1. The second kappa shape index (κ2) is 9.02. The van der Waals surface area contributed by atoms with Crippen molar-refractivity contribution in [1.82, 2.24) is 10.1 Å². The van der Waals surface area contributed by atoms with Gasteiger partial charge in [-0.05, 0) is 81.1 Å². The lowest BCUT2D eigenvalue weighted by molar-refractivity contribution is -0.118. The first-order valence-electron chi connectivity index (χ1n) is 11.8. The van der Waals surface area contributed by atoms with Gasteiger partial charge < -0.3 is 14.3 Å². The Morgan fingerprint density at radius 2 is 2.00 bits per heavy atom. The third-order valence-electron chi connectivity index (χ3n) is 7.02. The quantitative estimate of drug-likeness (QED) is 0.542. The number of amides is 1. The topological polar surface area (TPSA) is 49.6 Å². The summed E-state index contributed by atoms with van der Waals surface area (Å²) in [6.07, 6.45) is 5.83. The van der Waals surface area contributed by atoms with Crippen molar-refractivity contribution in [2.75, 3.05) is 31.1 Å². The summed E-state index contributed by atoms with van der Waals surface area (Å²) in [5, 5.41) is 5.20. The number of piperidine rings is 1. The van der Waals surface area contributed by atoms with Crippen molar-refractivity contribution in [1.29, 1.82) is 0 Å². The number of carbonyl (C=O) groups excluding carboxylic acids is 1. The number of benzene rings is 2. The van der Waals surface area contributed by atoms with Crippen LogP contribution < -0.4 is 4.90 Å². The van der Waals surface area contributed by atoms with Crippen molar-refractivity contribution >= 4 is 22.6 Å². The molecule has 1 fully saturated rings. The second-order valence-corrected chi connectivity index (χ2v) is 9.04. The molecule has 168 valence electrons. The number of carbonyl (C=O) groups is 1. The van der Waals surface area contributed by atoms with E-state index >= 15 is 0 Å². The fourth-order valence-electron chi connectivity index (χ4n) is 5.22. The normalized spacial score (nSPS) is 17.2. The Labute approximate surface area is 188 Å². The molecule has 1 amide bonds. The van der Waals surface area contributed by atoms with Crippen molar-refractivity contribution in [3.05, 3.63) is 59.0 Å². The summed E-state index contributed by atoms with van der Waals surface area (Å²) >= 11 is 0. The lowest BCUT2D eigenvalue weighted by Gasteiger charge is -2.31. The van der Waals surface area contributed by atoms with E-state index in [2.05, 4.69) is 28.3 Å². The first kappa shape index (κ1) is 21.1. The molecule has 0 radical (unpaired) electrons. The predicted octanol–water partition coefficient (Wildman–Crippen LogP) is 5.08. The first-order chi connectivity index (χ1) is 15.6. The van der Waals surface area contributed by atoms with Gasteiger partial charge in [0.25, 0.3) is 0 Å². The van der Waals surface area contributed by atoms with Crippen molar-refractivity contribution in [3.63, 3.8) is 0 Å². The van der Waals surface area contributed by atoms with Crippen molar-refractivity contribution in [2.24, 2.45) is 0 Å². The van der Waals surface area contributed by atoms with E-state index in [-0.39, 0.29) is 11.7 Å². The van der Waals surface area contributed by atoms with Crippen LogP contribution in [-0.4, -0.2) is 42.1 Å². The molecule has 1 saturated heterocycles. The zero-order chi connectivity index (χ0) is 22.1. The summed E-state index contributed by atoms with van der Waals surface area (Å²) in [7, 11) is 0. The zero-order valence-electron chi connectivity index (χ0n) is 18.6. The predicted molar refractivity (Wildman–Crippen MR) is 123 cm³/mol. The van der Waals surface area contributed by atoms with Gasteiger partial charge in [-0.2, -0.15) is 0 Å². The number of likely N-dealkylation sites (tertiary alicyclic amines) is 1. The molecule has 0 unspecified atom stereocenters. The molecular formula is C26H30FN3O2. The van der Waals surface area contributed by atoms with Crippen LogP contribution in [0.15, 0.2) is 40.9 Å². The largest absolute Gasteiger partial charge is 0.356 e. The van der Waals surface area contributed by atoms with Gasteiger partial charge in [0.2, 0.25) is 5.91 Å². The molecule has 2 aliphatic rings. The van der Waals surface area contributed by atoms with E-state index in [4.69, 9.17) is 4.52 Å². The second-order valence-electron chi connectivity index (χ2n) is 9.04. The highest BCUT2D eigenvalue weighted by atomic mass is 19.1. The minimum absolute atomic E-state index is 0.214. The number of nitrogens with zero attached hydrogens (tertiary/aromatic N) is 3. The summed E-state index contributed by atoms with van der Waals surface area (Å²) in [5.74, 6) is 0.305. The van der Waals surface area contributed by atoms with E-state index in [1.54, 1.807) is 6.07 Å². The van der Waals surface area contributed by atoms with Crippen molar-refractivity contribution in [2.45, 2.75) is 51.4 Å². The lowest BCUT2D eigenvalue weighted by atomic mass is 9.91. The molecule has 0 saturated carbocycles. The molecular weight excluding hydrogens is 405 g/mol. The Morgan fingerprint density at radius 3 is 2.81 bits per heavy atom. The highest BCUT2D eigenvalue weighted by Gasteiger charge is 2.26. The first-order valence-corrected chi connectivity index (χ1v) is 11.8. The number of fused-ring (bicyclic) bond motifs is 2. The molecule has 6 heteroatoms. The van der Waals surface area contributed by atoms with Gasteiger partial charge in [-0.25, -0.2) is 4.39 Å². The molecule has 2 aliphatic heterocycles. The smallest absolute Gasteiger partial charge is 0.226 e. The monoisotopic (exact) mass is 435 g/mol. The number of anilines is 1. The molecule has 32 heavy (non-hydrogen) atoms. The fourth-order valence-corrected chi connectivity index (χ4v) is 5.22. The van der Waals surface area contributed by atoms with Crippen LogP contribution in [0.1, 0.15) is 55.3 Å². The third kappa shape index (κ3) is 4.16. The van der Waals surface area contributed by atoms with Gasteiger partial charge in [-0.3, -0.25) is 4.79 Å². The van der Waals surface area contributed by atoms with Gasteiger partial charge in [0.15, 0.2) is 5.58 Å². The average molecular weight is 436 g/mol. The average Bonchev–Trinajstić information content (AvgIpc) is 3.42. The standard InChI is InChI=1S/C26H30FN3O2/c1-2-25(31)30-15-11-20-16-18(5-8-23(20)30)4-3-12-29-13-9-19(10-14-29)26-22-7-6-21(27)17-24(22)32-28-26/h5-8,16-17,19H,2-4,9-15H2,1H3. The molecule has 5 rings (SSSR count). The molecule has 0 N–H and O–H groups in total. The molecule has 1 aromatic heterocycles. The molecule has 0 atom stereocenters. The SMILES string of the molecule is CCC(=O)N1CCc2cc(CCCN3CCC(c4noc5cc(F)ccc45)CC3)ccc21. The van der Waals surface area contributed by atoms with Crippen LogP contribution >= 0.6 is 0 Å². The molecule has 0 aliphatic carbocycles. The van der Waals surface area contributed by atoms with Crippen molar-refractivity contribution < 1.29 is 13.7 Å². The van der Waals surface area contributed by atoms with Gasteiger partial charge in [0, 0.05) is 36.0 Å². The van der Waals surface area contributed by atoms with E-state index < -0.39 is 0 Å². The van der Waals surface area contributed by atoms with Crippen LogP contribution in [-0.2, 0) is 17.6 Å². The van der Waals surface area contributed by atoms with Gasteiger partial charge in [0.1, 0.15) is 5.82 Å². The summed E-state index contributed by atoms with van der Waals surface area (Å²) in [4.78, 5) is 16.5. The van der Waals surface area contributed by atoms with E-state index in [0.29, 0.717) is 17.9 Å². The lowest BCUT2D eigenvalue weighted by Crippen LogP contribution is -2.34. The Bertz CT molecular complexity index is 1120. The number of hydrogen-bond donors (Lipinski definition) is 0. The molecule has 3 aromatic rings. The Balaban J connectivity index is 1.11. The van der Waals surface area contributed by atoms with Crippen LogP contribution in [0.25, 0.3) is 11.0 Å². The van der Waals surface area contributed by atoms with Crippen LogP contribution in [0.5, 0.6) is 0 Å². The molecule has 3 heterocycles. The number of halogens is 1. The Kier molecular flexibility index (Phi) is 5.96. The fraction of sp³-hybridized carbons (Fsp3) is 0.462. The van der Waals surface area contributed by atoms with E-state index in [9.17, 15) is 9.18 Å². The minimum atomic E-state index is -0.287. The molecule has 2 aromatic carbocycles. The van der Waals surface area contributed by atoms with Crippen LogP contribution in [0.4, 0.5) is 10.1 Å². The molecule has 0 bridgehead atoms. The van der Waals surface area contributed by atoms with Gasteiger partial charge in [0.05, 0.1) is 5.69 Å². The maximum Gasteiger partial charge on any atom is 0.226 e. The number of hydrogen-bond acceptors (Lipinski definition) is 4. The number of rotatable bonds is 6. The van der Waals surface area contributed by atoms with Crippen molar-refractivity contribution in [3.8, 4) is 0 Å². The summed E-state index contributed by atoms with van der Waals surface area (Å²) in [6, 6.07) is 11.3. The summed E-state index contributed by atoms with van der Waals surface area (Å²) in [5.41, 5.74) is 5.30. The highest BCUT2D eigenvalue weighted by Crippen LogP contribution is 2.33. The van der Waals surface area contributed by atoms with Crippen LogP contribution in [0.2, 0.25) is 0 Å². The van der Waals surface area contributed by atoms with Crippen LogP contribution in [0.3, 0.4) is 0 Å². The summed E-state index contributed by atoms with van der Waals surface area (Å²) in [6.45, 7) is 5.94. The zero-order valence-corrected chi connectivity index (χ0v) is 18.6. The Hall–Kier alpha value is -2.73. The van der Waals surface area contributed by atoms with Crippen LogP contribution in [0, 0.1) is 5.82 Å².